The van der Waals surface area contributed by atoms with Crippen LogP contribution in [0.15, 0.2) is 16.5 Å². The molecule has 0 atom stereocenters. The number of carbonyl (C=O) groups is 1. The highest BCUT2D eigenvalue weighted by Gasteiger charge is 2.33. The van der Waals surface area contributed by atoms with Crippen LogP contribution < -0.4 is 0 Å². The van der Waals surface area contributed by atoms with E-state index < -0.39 is 12.7 Å². The molecule has 0 radical (unpaired) electrons. The second-order valence-corrected chi connectivity index (χ2v) is 4.59. The zero-order valence-corrected chi connectivity index (χ0v) is 10.5. The van der Waals surface area contributed by atoms with Gasteiger partial charge in [-0.3, -0.25) is 9.69 Å². The molecule has 1 amide bonds. The Balaban J connectivity index is 1.88. The van der Waals surface area contributed by atoms with Crippen LogP contribution in [-0.2, 0) is 0 Å². The standard InChI is InChI=1S/C12H15F3N2O2/c1-9-2-3-10(19-9)11(18)17-6-4-16(5-7-17)8-12(13,14)15/h2-3H,4-8H2,1H3. The molecule has 0 aromatic carbocycles. The Labute approximate surface area is 108 Å². The number of aryl methyl sites for hydroxylation is 1. The van der Waals surface area contributed by atoms with E-state index in [4.69, 9.17) is 4.42 Å². The Bertz CT molecular complexity index is 448. The van der Waals surface area contributed by atoms with Gasteiger partial charge in [0.2, 0.25) is 0 Å². The average molecular weight is 276 g/mol. The molecule has 7 heteroatoms. The predicted octanol–water partition coefficient (Wildman–Crippen LogP) is 1.91. The Kier molecular flexibility index (Phi) is 3.84. The molecule has 0 bridgehead atoms. The van der Waals surface area contributed by atoms with Crippen LogP contribution in [-0.4, -0.2) is 54.6 Å². The van der Waals surface area contributed by atoms with Crippen molar-refractivity contribution >= 4 is 5.91 Å². The first kappa shape index (κ1) is 13.9. The van der Waals surface area contributed by atoms with Gasteiger partial charge < -0.3 is 9.32 Å². The lowest BCUT2D eigenvalue weighted by atomic mass is 10.3. The summed E-state index contributed by atoms with van der Waals surface area (Å²) in [6.07, 6.45) is -4.19. The largest absolute Gasteiger partial charge is 0.456 e. The van der Waals surface area contributed by atoms with E-state index in [2.05, 4.69) is 0 Å². The number of rotatable bonds is 2. The fraction of sp³-hybridized carbons (Fsp3) is 0.583. The molecule has 1 fully saturated rings. The molecular weight excluding hydrogens is 261 g/mol. The van der Waals surface area contributed by atoms with Gasteiger partial charge in [0.25, 0.3) is 5.91 Å². The van der Waals surface area contributed by atoms with Crippen molar-refractivity contribution in [3.05, 3.63) is 23.7 Å². The van der Waals surface area contributed by atoms with E-state index in [-0.39, 0.29) is 37.8 Å². The molecular formula is C12H15F3N2O2. The number of nitrogens with zero attached hydrogens (tertiary/aromatic N) is 2. The smallest absolute Gasteiger partial charge is 0.401 e. The fourth-order valence-corrected chi connectivity index (χ4v) is 2.07. The maximum atomic E-state index is 12.2. The van der Waals surface area contributed by atoms with Gasteiger partial charge in [-0.2, -0.15) is 13.2 Å². The minimum atomic E-state index is -4.19. The van der Waals surface area contributed by atoms with Crippen LogP contribution >= 0.6 is 0 Å². The normalized spacial score (nSPS) is 17.8. The van der Waals surface area contributed by atoms with Crippen LogP contribution in [0.25, 0.3) is 0 Å². The summed E-state index contributed by atoms with van der Waals surface area (Å²) in [5.74, 6) is 0.612. The molecule has 1 aromatic heterocycles. The van der Waals surface area contributed by atoms with Crippen LogP contribution in [0.3, 0.4) is 0 Å². The molecule has 1 aliphatic rings. The first-order valence-electron chi connectivity index (χ1n) is 6.00. The summed E-state index contributed by atoms with van der Waals surface area (Å²) in [7, 11) is 0. The predicted molar refractivity (Wildman–Crippen MR) is 61.8 cm³/mol. The van der Waals surface area contributed by atoms with Crippen molar-refractivity contribution in [1.29, 1.82) is 0 Å². The molecule has 2 heterocycles. The Morgan fingerprint density at radius 2 is 1.89 bits per heavy atom. The lowest BCUT2D eigenvalue weighted by molar-refractivity contribution is -0.148. The molecule has 1 saturated heterocycles. The number of hydrogen-bond donors (Lipinski definition) is 0. The van der Waals surface area contributed by atoms with E-state index in [1.807, 2.05) is 0 Å². The van der Waals surface area contributed by atoms with Gasteiger partial charge in [0, 0.05) is 26.2 Å². The number of furan rings is 1. The monoisotopic (exact) mass is 276 g/mol. The number of hydrogen-bond acceptors (Lipinski definition) is 3. The quantitative estimate of drug-likeness (QED) is 0.828. The van der Waals surface area contributed by atoms with Gasteiger partial charge in [0.15, 0.2) is 5.76 Å². The van der Waals surface area contributed by atoms with Gasteiger partial charge in [-0.15, -0.1) is 0 Å². The summed E-state index contributed by atoms with van der Waals surface area (Å²) >= 11 is 0. The molecule has 106 valence electrons. The van der Waals surface area contributed by atoms with Gasteiger partial charge in [-0.1, -0.05) is 0 Å². The highest BCUT2D eigenvalue weighted by molar-refractivity contribution is 5.91. The summed E-state index contributed by atoms with van der Waals surface area (Å²) in [5.41, 5.74) is 0. The van der Waals surface area contributed by atoms with Crippen LogP contribution in [0.2, 0.25) is 0 Å². The number of alkyl halides is 3. The fourth-order valence-electron chi connectivity index (χ4n) is 2.07. The van der Waals surface area contributed by atoms with E-state index >= 15 is 0 Å². The van der Waals surface area contributed by atoms with E-state index in [9.17, 15) is 18.0 Å². The second-order valence-electron chi connectivity index (χ2n) is 4.59. The molecule has 1 aromatic rings. The molecule has 4 nitrogen and oxygen atoms in total. The first-order valence-corrected chi connectivity index (χ1v) is 6.00. The van der Waals surface area contributed by atoms with Crippen molar-refractivity contribution in [2.24, 2.45) is 0 Å². The average Bonchev–Trinajstić information content (AvgIpc) is 2.74. The third-order valence-electron chi connectivity index (χ3n) is 3.01. The van der Waals surface area contributed by atoms with Crippen molar-refractivity contribution in [2.75, 3.05) is 32.7 Å². The molecule has 0 saturated carbocycles. The summed E-state index contributed by atoms with van der Waals surface area (Å²) < 4.78 is 41.9. The van der Waals surface area contributed by atoms with Crippen molar-refractivity contribution in [2.45, 2.75) is 13.1 Å². The van der Waals surface area contributed by atoms with Crippen LogP contribution in [0.4, 0.5) is 13.2 Å². The first-order chi connectivity index (χ1) is 8.85. The van der Waals surface area contributed by atoms with E-state index in [1.54, 1.807) is 19.1 Å². The van der Waals surface area contributed by atoms with Crippen molar-refractivity contribution < 1.29 is 22.4 Å². The minimum Gasteiger partial charge on any atom is -0.456 e. The topological polar surface area (TPSA) is 36.7 Å². The molecule has 0 unspecified atom stereocenters. The lowest BCUT2D eigenvalue weighted by Crippen LogP contribution is -2.50. The number of piperazine rings is 1. The summed E-state index contributed by atoms with van der Waals surface area (Å²) in [6, 6.07) is 3.27. The number of amides is 1. The zero-order chi connectivity index (χ0) is 14.0. The minimum absolute atomic E-state index is 0.227. The summed E-state index contributed by atoms with van der Waals surface area (Å²) in [6.45, 7) is 1.84. The summed E-state index contributed by atoms with van der Waals surface area (Å²) in [4.78, 5) is 14.8. The van der Waals surface area contributed by atoms with E-state index in [1.165, 1.54) is 9.80 Å². The second kappa shape index (κ2) is 5.24. The van der Waals surface area contributed by atoms with E-state index in [0.717, 1.165) is 0 Å². The van der Waals surface area contributed by atoms with Gasteiger partial charge >= 0.3 is 6.18 Å². The van der Waals surface area contributed by atoms with Crippen molar-refractivity contribution in [3.63, 3.8) is 0 Å². The van der Waals surface area contributed by atoms with Gasteiger partial charge in [-0.25, -0.2) is 0 Å². The molecule has 0 aliphatic carbocycles. The van der Waals surface area contributed by atoms with Gasteiger partial charge in [-0.05, 0) is 19.1 Å². The highest BCUT2D eigenvalue weighted by Crippen LogP contribution is 2.18. The molecule has 0 spiro atoms. The third kappa shape index (κ3) is 3.73. The van der Waals surface area contributed by atoms with Crippen LogP contribution in [0.5, 0.6) is 0 Å². The molecule has 0 N–H and O–H groups in total. The highest BCUT2D eigenvalue weighted by atomic mass is 19.4. The van der Waals surface area contributed by atoms with Crippen molar-refractivity contribution in [3.8, 4) is 0 Å². The summed E-state index contributed by atoms with van der Waals surface area (Å²) in [5, 5.41) is 0. The molecule has 2 rings (SSSR count). The maximum absolute atomic E-state index is 12.2. The SMILES string of the molecule is Cc1ccc(C(=O)N2CCN(CC(F)(F)F)CC2)o1. The van der Waals surface area contributed by atoms with Crippen LogP contribution in [0, 0.1) is 6.92 Å². The Hall–Kier alpha value is -1.50. The van der Waals surface area contributed by atoms with E-state index in [0.29, 0.717) is 5.76 Å². The molecule has 1 aliphatic heterocycles. The lowest BCUT2D eigenvalue weighted by Gasteiger charge is -2.34. The maximum Gasteiger partial charge on any atom is 0.401 e. The van der Waals surface area contributed by atoms with Crippen LogP contribution in [0.1, 0.15) is 16.3 Å². The van der Waals surface area contributed by atoms with Gasteiger partial charge in [0.05, 0.1) is 6.54 Å². The third-order valence-corrected chi connectivity index (χ3v) is 3.01. The Morgan fingerprint density at radius 1 is 1.26 bits per heavy atom. The zero-order valence-electron chi connectivity index (χ0n) is 10.5. The Morgan fingerprint density at radius 3 is 2.37 bits per heavy atom. The van der Waals surface area contributed by atoms with Crippen molar-refractivity contribution in [1.82, 2.24) is 9.80 Å². The number of halogens is 3. The number of carbonyl (C=O) groups excluding carboxylic acids is 1. The van der Waals surface area contributed by atoms with Gasteiger partial charge in [0.1, 0.15) is 5.76 Å². The molecule has 19 heavy (non-hydrogen) atoms.